The number of halogens is 4. The van der Waals surface area contributed by atoms with Gasteiger partial charge < -0.3 is 14.5 Å². The van der Waals surface area contributed by atoms with Crippen LogP contribution in [0.2, 0.25) is 5.02 Å². The molecular formula is C24H23ClF3N3O2. The van der Waals surface area contributed by atoms with E-state index >= 15 is 0 Å². The highest BCUT2D eigenvalue weighted by atomic mass is 35.5. The Balaban J connectivity index is 1.60. The lowest BCUT2D eigenvalue weighted by Gasteiger charge is -2.43. The van der Waals surface area contributed by atoms with Crippen LogP contribution >= 0.6 is 11.6 Å². The molecule has 0 unspecified atom stereocenters. The average Bonchev–Trinajstić information content (AvgIpc) is 3.16. The number of carbonyl (C=O) groups excluding carboxylic acids is 1. The maximum atomic E-state index is 13.5. The van der Waals surface area contributed by atoms with Gasteiger partial charge in [-0.2, -0.15) is 18.4 Å². The second-order valence-corrected chi connectivity index (χ2v) is 9.10. The molecule has 2 aromatic rings. The number of piperidine rings is 1. The van der Waals surface area contributed by atoms with Crippen molar-refractivity contribution in [1.29, 1.82) is 5.26 Å². The molecule has 1 amide bonds. The molecule has 33 heavy (non-hydrogen) atoms. The number of carbonyl (C=O) groups is 1. The van der Waals surface area contributed by atoms with Gasteiger partial charge in [-0.15, -0.1) is 0 Å². The Morgan fingerprint density at radius 2 is 2.03 bits per heavy atom. The van der Waals surface area contributed by atoms with Gasteiger partial charge in [-0.1, -0.05) is 23.7 Å². The van der Waals surface area contributed by atoms with Gasteiger partial charge >= 0.3 is 6.18 Å². The SMILES string of the molecule is COC[C@@]12CCN(C(=O)c3ccccc3Cl)C[C@@H]1CN(c1ccc(C#N)c(C(F)(F)F)c1)C2. The summed E-state index contributed by atoms with van der Waals surface area (Å²) in [6.45, 7) is 2.43. The number of hydrogen-bond acceptors (Lipinski definition) is 4. The van der Waals surface area contributed by atoms with Crippen LogP contribution in [0.5, 0.6) is 0 Å². The van der Waals surface area contributed by atoms with Gasteiger partial charge in [0.1, 0.15) is 0 Å². The lowest BCUT2D eigenvalue weighted by molar-refractivity contribution is -0.137. The zero-order valence-corrected chi connectivity index (χ0v) is 18.8. The first-order valence-electron chi connectivity index (χ1n) is 10.6. The van der Waals surface area contributed by atoms with Crippen molar-refractivity contribution in [3.63, 3.8) is 0 Å². The number of benzene rings is 2. The zero-order valence-electron chi connectivity index (χ0n) is 18.0. The largest absolute Gasteiger partial charge is 0.417 e. The Kier molecular flexibility index (Phi) is 6.30. The van der Waals surface area contributed by atoms with E-state index in [2.05, 4.69) is 0 Å². The minimum Gasteiger partial charge on any atom is -0.384 e. The first-order valence-corrected chi connectivity index (χ1v) is 11.0. The molecule has 0 aromatic heterocycles. The van der Waals surface area contributed by atoms with Gasteiger partial charge in [0.2, 0.25) is 0 Å². The van der Waals surface area contributed by atoms with E-state index in [1.165, 1.54) is 6.07 Å². The van der Waals surface area contributed by atoms with Gasteiger partial charge in [0, 0.05) is 50.3 Å². The number of fused-ring (bicyclic) bond motifs is 1. The lowest BCUT2D eigenvalue weighted by Crippen LogP contribution is -2.50. The summed E-state index contributed by atoms with van der Waals surface area (Å²) in [4.78, 5) is 16.8. The van der Waals surface area contributed by atoms with Crippen molar-refractivity contribution in [1.82, 2.24) is 4.90 Å². The zero-order chi connectivity index (χ0) is 23.8. The monoisotopic (exact) mass is 477 g/mol. The maximum absolute atomic E-state index is 13.5. The highest BCUT2D eigenvalue weighted by Crippen LogP contribution is 2.45. The smallest absolute Gasteiger partial charge is 0.384 e. The number of likely N-dealkylation sites (tertiary alicyclic amines) is 1. The first-order chi connectivity index (χ1) is 15.7. The normalized spacial score (nSPS) is 22.7. The van der Waals surface area contributed by atoms with Crippen molar-refractivity contribution < 1.29 is 22.7 Å². The van der Waals surface area contributed by atoms with Crippen molar-refractivity contribution in [3.05, 3.63) is 64.2 Å². The number of nitriles is 1. The van der Waals surface area contributed by atoms with Gasteiger partial charge in [-0.05, 0) is 36.8 Å². The molecule has 0 bridgehead atoms. The molecule has 174 valence electrons. The fraction of sp³-hybridized carbons (Fsp3) is 0.417. The fourth-order valence-corrected chi connectivity index (χ4v) is 5.27. The van der Waals surface area contributed by atoms with Crippen molar-refractivity contribution in [3.8, 4) is 6.07 Å². The average molecular weight is 478 g/mol. The van der Waals surface area contributed by atoms with Crippen molar-refractivity contribution in [2.45, 2.75) is 12.6 Å². The van der Waals surface area contributed by atoms with Crippen LogP contribution in [-0.4, -0.2) is 50.7 Å². The molecule has 2 saturated heterocycles. The summed E-state index contributed by atoms with van der Waals surface area (Å²) in [6.07, 6.45) is -3.95. The van der Waals surface area contributed by atoms with Crippen LogP contribution in [0.15, 0.2) is 42.5 Å². The van der Waals surface area contributed by atoms with Crippen LogP contribution in [0.4, 0.5) is 18.9 Å². The number of methoxy groups -OCH3 is 1. The van der Waals surface area contributed by atoms with E-state index in [0.29, 0.717) is 55.5 Å². The van der Waals surface area contributed by atoms with Crippen molar-refractivity contribution in [2.24, 2.45) is 11.3 Å². The Morgan fingerprint density at radius 1 is 1.27 bits per heavy atom. The summed E-state index contributed by atoms with van der Waals surface area (Å²) >= 11 is 6.22. The first kappa shape index (κ1) is 23.4. The van der Waals surface area contributed by atoms with Crippen LogP contribution < -0.4 is 4.90 Å². The highest BCUT2D eigenvalue weighted by molar-refractivity contribution is 6.33. The molecule has 2 aliphatic heterocycles. The van der Waals surface area contributed by atoms with Crippen LogP contribution in [0.25, 0.3) is 0 Å². The van der Waals surface area contributed by atoms with E-state index in [4.69, 9.17) is 21.6 Å². The molecule has 2 heterocycles. The standard InChI is InChI=1S/C24H23ClF3N3O2/c1-33-15-23-8-9-30(22(32)19-4-2-3-5-21(19)25)12-17(23)13-31(14-23)18-7-6-16(11-29)20(10-18)24(26,27)28/h2-7,10,17H,8-9,12-15H2,1H3/t17-,23+/m1/s1. The molecule has 5 nitrogen and oxygen atoms in total. The Bertz CT molecular complexity index is 1100. The summed E-state index contributed by atoms with van der Waals surface area (Å²) in [5.41, 5.74) is -0.761. The van der Waals surface area contributed by atoms with Crippen LogP contribution in [0.3, 0.4) is 0 Å². The van der Waals surface area contributed by atoms with Crippen molar-refractivity contribution in [2.75, 3.05) is 44.8 Å². The van der Waals surface area contributed by atoms with E-state index in [1.54, 1.807) is 48.4 Å². The molecule has 0 aliphatic carbocycles. The van der Waals surface area contributed by atoms with Gasteiger partial charge in [-0.25, -0.2) is 0 Å². The number of anilines is 1. The quantitative estimate of drug-likeness (QED) is 0.632. The number of amides is 1. The molecule has 0 radical (unpaired) electrons. The van der Waals surface area contributed by atoms with Gasteiger partial charge in [0.25, 0.3) is 5.91 Å². The van der Waals surface area contributed by atoms with Crippen LogP contribution in [-0.2, 0) is 10.9 Å². The molecule has 4 rings (SSSR count). The molecule has 2 atom stereocenters. The van der Waals surface area contributed by atoms with Gasteiger partial charge in [-0.3, -0.25) is 4.79 Å². The lowest BCUT2D eigenvalue weighted by atomic mass is 9.73. The van der Waals surface area contributed by atoms with E-state index in [0.717, 1.165) is 6.07 Å². The summed E-state index contributed by atoms with van der Waals surface area (Å²) in [5.74, 6) is -0.134. The predicted octanol–water partition coefficient (Wildman–Crippen LogP) is 4.85. The predicted molar refractivity (Wildman–Crippen MR) is 118 cm³/mol. The molecule has 0 N–H and O–H groups in total. The third kappa shape index (κ3) is 4.40. The minimum absolute atomic E-state index is 0.0163. The number of nitrogens with zero attached hydrogens (tertiary/aromatic N) is 3. The molecule has 2 fully saturated rings. The number of hydrogen-bond donors (Lipinski definition) is 0. The van der Waals surface area contributed by atoms with E-state index < -0.39 is 17.3 Å². The van der Waals surface area contributed by atoms with Gasteiger partial charge in [0.15, 0.2) is 0 Å². The maximum Gasteiger partial charge on any atom is 0.417 e. The Labute approximate surface area is 195 Å². The molecular weight excluding hydrogens is 455 g/mol. The van der Waals surface area contributed by atoms with Crippen LogP contribution in [0, 0.1) is 22.7 Å². The summed E-state index contributed by atoms with van der Waals surface area (Å²) in [7, 11) is 1.61. The van der Waals surface area contributed by atoms with E-state index in [9.17, 15) is 18.0 Å². The number of rotatable bonds is 4. The third-order valence-electron chi connectivity index (χ3n) is 6.75. The Morgan fingerprint density at radius 3 is 2.70 bits per heavy atom. The minimum atomic E-state index is -4.62. The fourth-order valence-electron chi connectivity index (χ4n) is 5.05. The number of ether oxygens (including phenoxy) is 1. The second-order valence-electron chi connectivity index (χ2n) is 8.69. The highest BCUT2D eigenvalue weighted by Gasteiger charge is 2.50. The topological polar surface area (TPSA) is 56.6 Å². The van der Waals surface area contributed by atoms with E-state index in [-0.39, 0.29) is 17.2 Å². The molecule has 2 aliphatic rings. The molecule has 0 saturated carbocycles. The second kappa shape index (κ2) is 8.88. The van der Waals surface area contributed by atoms with E-state index in [1.807, 2.05) is 4.90 Å². The summed E-state index contributed by atoms with van der Waals surface area (Å²) in [5, 5.41) is 9.48. The summed E-state index contributed by atoms with van der Waals surface area (Å²) in [6, 6.07) is 12.3. The van der Waals surface area contributed by atoms with Crippen molar-refractivity contribution >= 4 is 23.2 Å². The third-order valence-corrected chi connectivity index (χ3v) is 7.08. The Hall–Kier alpha value is -2.76. The molecule has 2 aromatic carbocycles. The molecule has 9 heteroatoms. The van der Waals surface area contributed by atoms with Gasteiger partial charge in [0.05, 0.1) is 34.4 Å². The summed E-state index contributed by atoms with van der Waals surface area (Å²) < 4.78 is 46.0. The van der Waals surface area contributed by atoms with Crippen LogP contribution in [0.1, 0.15) is 27.9 Å². The molecule has 0 spiro atoms. The number of alkyl halides is 3.